The van der Waals surface area contributed by atoms with Crippen LogP contribution in [0.4, 0.5) is 0 Å². The molecule has 3 rings (SSSR count). The van der Waals surface area contributed by atoms with E-state index in [9.17, 15) is 14.7 Å². The molecule has 1 aliphatic rings. The number of likely N-dealkylation sites (tertiary alicyclic amines) is 1. The summed E-state index contributed by atoms with van der Waals surface area (Å²) in [7, 11) is 1.77. The number of nitrogens with zero attached hydrogens (tertiary/aromatic N) is 3. The molecule has 1 saturated heterocycles. The zero-order chi connectivity index (χ0) is 21.3. The molecule has 1 aromatic carbocycles. The Kier molecular flexibility index (Phi) is 9.27. The van der Waals surface area contributed by atoms with Gasteiger partial charge in [0, 0.05) is 20.0 Å². The SMILES string of the molecule is [CH2-]C(=O)N1C[C@H](O)C[C@H]1C(=O)N(C)C(c1ccc(-c2scnc2C)cc1)C(C)C.[Rb+]. The number of β-amino-alcohol motifs (C(OH)–C–C–N with tert-alkyl or cyclic N) is 1. The second-order valence-electron chi connectivity index (χ2n) is 7.98. The van der Waals surface area contributed by atoms with Crippen molar-refractivity contribution < 1.29 is 72.9 Å². The van der Waals surface area contributed by atoms with Crippen LogP contribution in [0.1, 0.15) is 37.6 Å². The quantitative estimate of drug-likeness (QED) is 0.591. The molecule has 0 saturated carbocycles. The molecule has 1 aromatic heterocycles. The zero-order valence-corrected chi connectivity index (χ0v) is 24.1. The summed E-state index contributed by atoms with van der Waals surface area (Å²) in [5.41, 5.74) is 4.99. The second-order valence-corrected chi connectivity index (χ2v) is 8.83. The van der Waals surface area contributed by atoms with Gasteiger partial charge in [0.2, 0.25) is 5.91 Å². The van der Waals surface area contributed by atoms with Gasteiger partial charge in [-0.15, -0.1) is 11.3 Å². The number of likely N-dealkylation sites (N-methyl/N-ethyl adjacent to an activating group) is 1. The van der Waals surface area contributed by atoms with E-state index in [1.54, 1.807) is 23.3 Å². The summed E-state index contributed by atoms with van der Waals surface area (Å²) in [4.78, 5) is 33.5. The van der Waals surface area contributed by atoms with Gasteiger partial charge >= 0.3 is 58.2 Å². The molecule has 0 radical (unpaired) electrons. The van der Waals surface area contributed by atoms with Gasteiger partial charge in [-0.3, -0.25) is 4.79 Å². The molecular formula is C22H28N3O3RbS. The average molecular weight is 500 g/mol. The Morgan fingerprint density at radius 1 is 1.30 bits per heavy atom. The van der Waals surface area contributed by atoms with E-state index in [0.717, 1.165) is 21.7 Å². The van der Waals surface area contributed by atoms with Crippen LogP contribution in [-0.4, -0.2) is 57.4 Å². The molecule has 8 heteroatoms. The zero-order valence-electron chi connectivity index (χ0n) is 18.3. The number of benzene rings is 1. The van der Waals surface area contributed by atoms with Crippen molar-refractivity contribution in [2.45, 2.75) is 45.4 Å². The van der Waals surface area contributed by atoms with E-state index in [1.165, 1.54) is 4.90 Å². The average Bonchev–Trinajstić information content (AvgIpc) is 3.27. The molecule has 0 aliphatic carbocycles. The third-order valence-electron chi connectivity index (χ3n) is 5.54. The van der Waals surface area contributed by atoms with Crippen molar-refractivity contribution in [3.8, 4) is 10.4 Å². The van der Waals surface area contributed by atoms with Gasteiger partial charge in [-0.2, -0.15) is 0 Å². The fraction of sp³-hybridized carbons (Fsp3) is 0.455. The van der Waals surface area contributed by atoms with Crippen molar-refractivity contribution in [2.24, 2.45) is 5.92 Å². The normalized spacial score (nSPS) is 19.5. The Morgan fingerprint density at radius 2 is 1.93 bits per heavy atom. The molecule has 0 spiro atoms. The fourth-order valence-corrected chi connectivity index (χ4v) is 4.97. The molecule has 2 amide bonds. The molecule has 1 N–H and O–H groups in total. The molecule has 0 bridgehead atoms. The molecule has 6 nitrogen and oxygen atoms in total. The first-order valence-corrected chi connectivity index (χ1v) is 10.7. The Bertz CT molecular complexity index is 884. The number of carbonyl (C=O) groups is 2. The standard InChI is InChI=1S/C22H28N3O3S.Rb/c1-13(2)20(16-6-8-17(9-7-16)21-14(3)23-12-29-21)24(5)22(28)19-10-18(27)11-25(19)15(4)26;/h6-9,12-13,18-20,27H,4,10-11H2,1-3,5H3;/q-1;+1/t18-,19+,20?;/m1./s1. The van der Waals surface area contributed by atoms with Gasteiger partial charge in [0.05, 0.1) is 34.1 Å². The number of aliphatic hydroxyl groups excluding tert-OH is 1. The summed E-state index contributed by atoms with van der Waals surface area (Å²) in [5, 5.41) is 9.96. The van der Waals surface area contributed by atoms with Gasteiger partial charge in [0.1, 0.15) is 6.04 Å². The fourth-order valence-electron chi connectivity index (χ4n) is 4.16. The number of aliphatic hydroxyl groups is 1. The van der Waals surface area contributed by atoms with Crippen LogP contribution >= 0.6 is 11.3 Å². The van der Waals surface area contributed by atoms with Crippen LogP contribution < -0.4 is 58.2 Å². The van der Waals surface area contributed by atoms with Gasteiger partial charge in [0.25, 0.3) is 0 Å². The third kappa shape index (κ3) is 5.42. The molecule has 1 unspecified atom stereocenters. The van der Waals surface area contributed by atoms with Gasteiger partial charge in [-0.25, -0.2) is 4.98 Å². The summed E-state index contributed by atoms with van der Waals surface area (Å²) in [6, 6.07) is 7.43. The van der Waals surface area contributed by atoms with E-state index in [4.69, 9.17) is 0 Å². The van der Waals surface area contributed by atoms with E-state index in [-0.39, 0.29) is 89.0 Å². The van der Waals surface area contributed by atoms with Crippen molar-refractivity contribution in [1.29, 1.82) is 0 Å². The van der Waals surface area contributed by atoms with Crippen LogP contribution in [0.2, 0.25) is 0 Å². The van der Waals surface area contributed by atoms with Crippen molar-refractivity contribution >= 4 is 23.2 Å². The molecule has 1 aliphatic heterocycles. The molecular weight excluding hydrogens is 472 g/mol. The number of hydrogen-bond acceptors (Lipinski definition) is 5. The van der Waals surface area contributed by atoms with E-state index >= 15 is 0 Å². The summed E-state index contributed by atoms with van der Waals surface area (Å²) in [5.74, 6) is -0.423. The van der Waals surface area contributed by atoms with Gasteiger partial charge in [-0.05, 0) is 24.0 Å². The Balaban J connectivity index is 0.00000320. The molecule has 1 fully saturated rings. The van der Waals surface area contributed by atoms with Gasteiger partial charge in [0.15, 0.2) is 0 Å². The first kappa shape index (κ1) is 25.7. The van der Waals surface area contributed by atoms with E-state index < -0.39 is 18.1 Å². The van der Waals surface area contributed by atoms with Crippen LogP contribution in [0.3, 0.4) is 0 Å². The minimum Gasteiger partial charge on any atom is -0.391 e. The smallest absolute Gasteiger partial charge is 0.391 e. The number of aromatic nitrogens is 1. The van der Waals surface area contributed by atoms with Crippen LogP contribution in [0.15, 0.2) is 29.8 Å². The maximum absolute atomic E-state index is 13.2. The van der Waals surface area contributed by atoms with Gasteiger partial charge in [-0.1, -0.05) is 38.1 Å². The summed E-state index contributed by atoms with van der Waals surface area (Å²) >= 11 is 1.61. The Labute approximate surface area is 231 Å². The summed E-state index contributed by atoms with van der Waals surface area (Å²) in [6.07, 6.45) is -0.443. The third-order valence-corrected chi connectivity index (χ3v) is 6.52. The van der Waals surface area contributed by atoms with E-state index in [1.807, 2.05) is 12.4 Å². The maximum Gasteiger partial charge on any atom is 1.00 e. The van der Waals surface area contributed by atoms with Crippen LogP contribution in [0.25, 0.3) is 10.4 Å². The molecule has 2 aromatic rings. The molecule has 156 valence electrons. The predicted molar refractivity (Wildman–Crippen MR) is 114 cm³/mol. The largest absolute Gasteiger partial charge is 1.00 e. The van der Waals surface area contributed by atoms with Crippen molar-refractivity contribution in [3.05, 3.63) is 48.0 Å². The topological polar surface area (TPSA) is 73.7 Å². The number of carbonyl (C=O) groups excluding carboxylic acids is 2. The van der Waals surface area contributed by atoms with Crippen LogP contribution in [0.5, 0.6) is 0 Å². The summed E-state index contributed by atoms with van der Waals surface area (Å²) in [6.45, 7) is 9.72. The first-order chi connectivity index (χ1) is 13.7. The number of amides is 2. The van der Waals surface area contributed by atoms with Crippen molar-refractivity contribution in [2.75, 3.05) is 13.6 Å². The van der Waals surface area contributed by atoms with E-state index in [2.05, 4.69) is 50.0 Å². The number of hydrogen-bond donors (Lipinski definition) is 1. The molecule has 3 atom stereocenters. The minimum atomic E-state index is -0.692. The minimum absolute atomic E-state index is 0. The summed E-state index contributed by atoms with van der Waals surface area (Å²) < 4.78 is 0. The molecule has 2 heterocycles. The second kappa shape index (κ2) is 10.8. The van der Waals surface area contributed by atoms with Crippen molar-refractivity contribution in [1.82, 2.24) is 14.8 Å². The van der Waals surface area contributed by atoms with Gasteiger partial charge < -0.3 is 26.6 Å². The Morgan fingerprint density at radius 3 is 2.43 bits per heavy atom. The maximum atomic E-state index is 13.2. The van der Waals surface area contributed by atoms with E-state index in [0.29, 0.717) is 0 Å². The Hall–Kier alpha value is -0.575. The monoisotopic (exact) mass is 499 g/mol. The van der Waals surface area contributed by atoms with Crippen LogP contribution in [0, 0.1) is 19.8 Å². The van der Waals surface area contributed by atoms with Crippen molar-refractivity contribution in [3.63, 3.8) is 0 Å². The number of aryl methyl sites for hydroxylation is 1. The number of rotatable bonds is 5. The number of thiazole rings is 1. The predicted octanol–water partition coefficient (Wildman–Crippen LogP) is 0.0739. The van der Waals surface area contributed by atoms with Crippen LogP contribution in [-0.2, 0) is 9.59 Å². The first-order valence-electron chi connectivity index (χ1n) is 9.78. The molecule has 30 heavy (non-hydrogen) atoms.